The number of rotatable bonds is 8. The van der Waals surface area contributed by atoms with Gasteiger partial charge in [-0.1, -0.05) is 12.1 Å². The molecule has 0 aliphatic carbocycles. The molecule has 3 heterocycles. The van der Waals surface area contributed by atoms with Crippen LogP contribution in [0.1, 0.15) is 21.6 Å². The van der Waals surface area contributed by atoms with Crippen LogP contribution in [0, 0.1) is 18.6 Å². The average molecular weight is 544 g/mol. The number of Topliss-reactive ketones (excluding diaryl/α,β-unsaturated/α-hetero) is 1. The molecule has 2 aromatic carbocycles. The third kappa shape index (κ3) is 5.11. The number of carbonyl (C=O) groups excluding carboxylic acids is 1. The van der Waals surface area contributed by atoms with E-state index in [9.17, 15) is 18.4 Å². The van der Waals surface area contributed by atoms with Crippen LogP contribution in [0.15, 0.2) is 77.7 Å². The molecule has 10 heteroatoms. The molecule has 40 heavy (non-hydrogen) atoms. The van der Waals surface area contributed by atoms with Gasteiger partial charge in [-0.2, -0.15) is 0 Å². The van der Waals surface area contributed by atoms with Gasteiger partial charge in [0.2, 0.25) is 0 Å². The Hall–Kier alpha value is -5.12. The van der Waals surface area contributed by atoms with E-state index >= 15 is 0 Å². The smallest absolute Gasteiger partial charge is 0.266 e. The maximum atomic E-state index is 14.7. The van der Waals surface area contributed by atoms with Gasteiger partial charge >= 0.3 is 0 Å². The molecule has 0 fully saturated rings. The number of hydrogen-bond donors (Lipinski definition) is 0. The molecule has 0 radical (unpaired) electrons. The molecule has 5 rings (SSSR count). The third-order valence-electron chi connectivity index (χ3n) is 6.31. The first-order valence-electron chi connectivity index (χ1n) is 12.1. The maximum absolute atomic E-state index is 14.7. The fourth-order valence-electron chi connectivity index (χ4n) is 4.24. The predicted octanol–water partition coefficient (Wildman–Crippen LogP) is 5.60. The summed E-state index contributed by atoms with van der Waals surface area (Å²) in [6.45, 7) is 1.42. The molecule has 202 valence electrons. The fraction of sp³-hybridized carbons (Fsp3) is 0.133. The molecular weight excluding hydrogens is 520 g/mol. The van der Waals surface area contributed by atoms with E-state index in [0.717, 1.165) is 22.8 Å². The lowest BCUT2D eigenvalue weighted by Gasteiger charge is -2.13. The van der Waals surface area contributed by atoms with Gasteiger partial charge < -0.3 is 14.2 Å². The van der Waals surface area contributed by atoms with E-state index in [1.54, 1.807) is 42.6 Å². The van der Waals surface area contributed by atoms with Gasteiger partial charge in [-0.25, -0.2) is 13.8 Å². The highest BCUT2D eigenvalue weighted by Gasteiger charge is 2.19. The minimum Gasteiger partial charge on any atom is -0.491 e. The Balaban J connectivity index is 1.38. The van der Waals surface area contributed by atoms with Crippen molar-refractivity contribution in [3.63, 3.8) is 0 Å². The van der Waals surface area contributed by atoms with E-state index in [1.165, 1.54) is 33.3 Å². The average Bonchev–Trinajstić information content (AvgIpc) is 2.96. The van der Waals surface area contributed by atoms with Crippen molar-refractivity contribution in [3.05, 3.63) is 112 Å². The summed E-state index contributed by atoms with van der Waals surface area (Å²) in [5, 5.41) is 0. The second kappa shape index (κ2) is 10.9. The summed E-state index contributed by atoms with van der Waals surface area (Å²) in [6, 6.07) is 16.0. The van der Waals surface area contributed by atoms with Crippen LogP contribution in [-0.2, 0) is 6.42 Å². The Labute approximate surface area is 227 Å². The quantitative estimate of drug-likeness (QED) is 0.235. The van der Waals surface area contributed by atoms with Gasteiger partial charge in [-0.3, -0.25) is 19.1 Å². The van der Waals surface area contributed by atoms with Gasteiger partial charge in [0.1, 0.15) is 22.9 Å². The molecule has 0 amide bonds. The molecule has 0 saturated carbocycles. The van der Waals surface area contributed by atoms with E-state index in [4.69, 9.17) is 14.2 Å². The number of methoxy groups -OCH3 is 2. The highest BCUT2D eigenvalue weighted by Crippen LogP contribution is 2.34. The lowest BCUT2D eigenvalue weighted by molar-refractivity contribution is 0.0990. The van der Waals surface area contributed by atoms with E-state index < -0.39 is 23.0 Å². The number of benzene rings is 2. The number of nitrogens with zero attached hydrogens (tertiary/aromatic N) is 3. The Morgan fingerprint density at radius 2 is 1.65 bits per heavy atom. The Kier molecular flexibility index (Phi) is 7.24. The van der Waals surface area contributed by atoms with Crippen molar-refractivity contribution in [2.24, 2.45) is 0 Å². The minimum atomic E-state index is -0.719. The normalized spacial score (nSPS) is 10.9. The summed E-state index contributed by atoms with van der Waals surface area (Å²) in [7, 11) is 2.99. The van der Waals surface area contributed by atoms with E-state index in [2.05, 4.69) is 9.97 Å². The van der Waals surface area contributed by atoms with E-state index in [0.29, 0.717) is 33.8 Å². The van der Waals surface area contributed by atoms with Gasteiger partial charge in [-0.15, -0.1) is 0 Å². The Bertz CT molecular complexity index is 1790. The predicted molar refractivity (Wildman–Crippen MR) is 144 cm³/mol. The van der Waals surface area contributed by atoms with Crippen molar-refractivity contribution in [1.29, 1.82) is 0 Å². The first-order valence-corrected chi connectivity index (χ1v) is 12.1. The zero-order chi connectivity index (χ0) is 28.4. The third-order valence-corrected chi connectivity index (χ3v) is 6.31. The van der Waals surface area contributed by atoms with Crippen LogP contribution in [-0.4, -0.2) is 34.5 Å². The van der Waals surface area contributed by atoms with Crippen molar-refractivity contribution in [2.75, 3.05) is 14.2 Å². The summed E-state index contributed by atoms with van der Waals surface area (Å²) < 4.78 is 45.7. The molecule has 0 N–H and O–H groups in total. The zero-order valence-electron chi connectivity index (χ0n) is 21.8. The van der Waals surface area contributed by atoms with Crippen LogP contribution >= 0.6 is 0 Å². The van der Waals surface area contributed by atoms with Gasteiger partial charge in [-0.05, 0) is 55.0 Å². The second-order valence-electron chi connectivity index (χ2n) is 8.83. The monoisotopic (exact) mass is 543 g/mol. The highest BCUT2D eigenvalue weighted by molar-refractivity contribution is 5.97. The molecule has 0 saturated heterocycles. The fourth-order valence-corrected chi connectivity index (χ4v) is 4.24. The number of aromatic nitrogens is 3. The standard InChI is InChI=1S/C30H23F2N3O5/c1-17-23(32)15-22(30(37)35(17)20-8-6-19(31)7-9-20)25(36)14-18-4-10-21(11-5-18)40-26-12-13-33-24-16-27(38-2)29(39-3)34-28(24)26/h4-13,15-16H,14H2,1-3H3. The molecule has 0 unspecified atom stereocenters. The molecule has 0 aliphatic heterocycles. The highest BCUT2D eigenvalue weighted by atomic mass is 19.1. The van der Waals surface area contributed by atoms with Crippen LogP contribution in [0.4, 0.5) is 8.78 Å². The molecule has 0 spiro atoms. The van der Waals surface area contributed by atoms with Crippen LogP contribution in [0.3, 0.4) is 0 Å². The number of ketones is 1. The molecule has 3 aromatic heterocycles. The number of carbonyl (C=O) groups is 1. The summed E-state index contributed by atoms with van der Waals surface area (Å²) in [5.41, 5.74) is 0.908. The van der Waals surface area contributed by atoms with Crippen LogP contribution < -0.4 is 19.8 Å². The van der Waals surface area contributed by atoms with Crippen molar-refractivity contribution in [2.45, 2.75) is 13.3 Å². The molecule has 0 bridgehead atoms. The SMILES string of the molecule is COc1cc2nccc(Oc3ccc(CC(=O)c4cc(F)c(C)n(-c5ccc(F)cc5)c4=O)cc3)c2nc1OC. The lowest BCUT2D eigenvalue weighted by atomic mass is 10.0. The Morgan fingerprint density at radius 3 is 2.33 bits per heavy atom. The van der Waals surface area contributed by atoms with Gasteiger partial charge in [0.25, 0.3) is 11.4 Å². The summed E-state index contributed by atoms with van der Waals surface area (Å²) in [6.07, 6.45) is 1.44. The molecular formula is C30H23F2N3O5. The van der Waals surface area contributed by atoms with Gasteiger partial charge in [0.05, 0.1) is 31.0 Å². The Morgan fingerprint density at radius 1 is 0.925 bits per heavy atom. The van der Waals surface area contributed by atoms with Crippen LogP contribution in [0.5, 0.6) is 23.1 Å². The summed E-state index contributed by atoms with van der Waals surface area (Å²) >= 11 is 0. The number of hydrogen-bond acceptors (Lipinski definition) is 7. The van der Waals surface area contributed by atoms with E-state index in [-0.39, 0.29) is 29.2 Å². The van der Waals surface area contributed by atoms with Gasteiger partial charge in [0, 0.05) is 30.4 Å². The van der Waals surface area contributed by atoms with Gasteiger partial charge in [0.15, 0.2) is 17.3 Å². The first-order chi connectivity index (χ1) is 19.3. The topological polar surface area (TPSA) is 92.5 Å². The number of ether oxygens (including phenoxy) is 3. The van der Waals surface area contributed by atoms with Crippen molar-refractivity contribution >= 4 is 16.8 Å². The minimum absolute atomic E-state index is 0.0175. The molecule has 0 atom stereocenters. The number of fused-ring (bicyclic) bond motifs is 1. The van der Waals surface area contributed by atoms with Crippen LogP contribution in [0.2, 0.25) is 0 Å². The molecule has 5 aromatic rings. The summed E-state index contributed by atoms with van der Waals surface area (Å²) in [4.78, 5) is 35.0. The summed E-state index contributed by atoms with van der Waals surface area (Å²) in [5.74, 6) is -0.143. The maximum Gasteiger partial charge on any atom is 0.266 e. The lowest BCUT2D eigenvalue weighted by Crippen LogP contribution is -2.28. The number of pyridine rings is 3. The zero-order valence-corrected chi connectivity index (χ0v) is 21.8. The molecule has 8 nitrogen and oxygen atoms in total. The number of halogens is 2. The largest absolute Gasteiger partial charge is 0.491 e. The van der Waals surface area contributed by atoms with E-state index in [1.807, 2.05) is 0 Å². The van der Waals surface area contributed by atoms with Crippen molar-refractivity contribution < 1.29 is 27.8 Å². The van der Waals surface area contributed by atoms with Crippen molar-refractivity contribution in [3.8, 4) is 28.8 Å². The second-order valence-corrected chi connectivity index (χ2v) is 8.83. The van der Waals surface area contributed by atoms with Crippen LogP contribution in [0.25, 0.3) is 16.7 Å². The van der Waals surface area contributed by atoms with Crippen molar-refractivity contribution in [1.82, 2.24) is 14.5 Å². The first kappa shape index (κ1) is 26.5. The molecule has 0 aliphatic rings.